The summed E-state index contributed by atoms with van der Waals surface area (Å²) in [6.07, 6.45) is 3.19. The highest BCUT2D eigenvalue weighted by Gasteiger charge is 2.30. The Morgan fingerprint density at radius 3 is 2.90 bits per heavy atom. The van der Waals surface area contributed by atoms with Crippen LogP contribution in [-0.4, -0.2) is 28.6 Å². The van der Waals surface area contributed by atoms with Crippen molar-refractivity contribution in [2.75, 3.05) is 11.4 Å². The molecule has 1 aromatic heterocycles. The molecule has 0 amide bonds. The summed E-state index contributed by atoms with van der Waals surface area (Å²) in [6.45, 7) is 2.83. The van der Waals surface area contributed by atoms with E-state index in [0.29, 0.717) is 12.8 Å². The topological polar surface area (TPSA) is 53.4 Å². The van der Waals surface area contributed by atoms with E-state index in [9.17, 15) is 4.79 Å². The van der Waals surface area contributed by atoms with Crippen molar-refractivity contribution in [2.45, 2.75) is 25.8 Å². The molecule has 20 heavy (non-hydrogen) atoms. The monoisotopic (exact) mass is 270 g/mol. The number of fused-ring (bicyclic) bond motifs is 1. The standard InChI is InChI=1S/C16H18N2O2/c1-11-10-13(16(19)20)7-9-18(11)15-14-5-3-2-4-12(14)6-8-17-15/h2-6,8,11,13H,7,9-10H2,1H3,(H,19,20). The number of hydrogen-bond acceptors (Lipinski definition) is 3. The van der Waals surface area contributed by atoms with Crippen LogP contribution in [0.5, 0.6) is 0 Å². The maximum absolute atomic E-state index is 11.1. The van der Waals surface area contributed by atoms with E-state index in [1.807, 2.05) is 24.4 Å². The van der Waals surface area contributed by atoms with Gasteiger partial charge in [0.1, 0.15) is 5.82 Å². The molecule has 1 fully saturated rings. The van der Waals surface area contributed by atoms with Crippen molar-refractivity contribution < 1.29 is 9.90 Å². The SMILES string of the molecule is CC1CC(C(=O)O)CCN1c1nccc2ccccc12. The van der Waals surface area contributed by atoms with E-state index >= 15 is 0 Å². The number of carbonyl (C=O) groups is 1. The van der Waals surface area contributed by atoms with Crippen molar-refractivity contribution in [2.24, 2.45) is 5.92 Å². The van der Waals surface area contributed by atoms with Crippen LogP contribution in [0.3, 0.4) is 0 Å². The van der Waals surface area contributed by atoms with E-state index in [0.717, 1.165) is 17.7 Å². The van der Waals surface area contributed by atoms with Gasteiger partial charge in [0.2, 0.25) is 0 Å². The lowest BCUT2D eigenvalue weighted by atomic mass is 9.91. The van der Waals surface area contributed by atoms with E-state index in [4.69, 9.17) is 5.11 Å². The number of anilines is 1. The summed E-state index contributed by atoms with van der Waals surface area (Å²) < 4.78 is 0. The maximum Gasteiger partial charge on any atom is 0.306 e. The van der Waals surface area contributed by atoms with E-state index < -0.39 is 5.97 Å². The first-order valence-electron chi connectivity index (χ1n) is 7.00. The van der Waals surface area contributed by atoms with Gasteiger partial charge < -0.3 is 10.0 Å². The van der Waals surface area contributed by atoms with Gasteiger partial charge >= 0.3 is 5.97 Å². The minimum Gasteiger partial charge on any atom is -0.481 e. The first-order valence-corrected chi connectivity index (χ1v) is 7.00. The fraction of sp³-hybridized carbons (Fsp3) is 0.375. The largest absolute Gasteiger partial charge is 0.481 e. The second-order valence-electron chi connectivity index (χ2n) is 5.46. The van der Waals surface area contributed by atoms with Crippen molar-refractivity contribution in [3.8, 4) is 0 Å². The van der Waals surface area contributed by atoms with E-state index in [1.54, 1.807) is 0 Å². The number of piperidine rings is 1. The zero-order chi connectivity index (χ0) is 14.1. The van der Waals surface area contributed by atoms with Crippen molar-refractivity contribution in [1.82, 2.24) is 4.98 Å². The highest BCUT2D eigenvalue weighted by atomic mass is 16.4. The lowest BCUT2D eigenvalue weighted by molar-refractivity contribution is -0.142. The molecule has 2 atom stereocenters. The molecule has 0 aliphatic carbocycles. The van der Waals surface area contributed by atoms with Crippen LogP contribution >= 0.6 is 0 Å². The third-order valence-electron chi connectivity index (χ3n) is 4.15. The number of aliphatic carboxylic acids is 1. The molecule has 2 heterocycles. The molecule has 4 nitrogen and oxygen atoms in total. The second-order valence-corrected chi connectivity index (χ2v) is 5.46. The number of nitrogens with zero attached hydrogens (tertiary/aromatic N) is 2. The van der Waals surface area contributed by atoms with Crippen LogP contribution < -0.4 is 4.90 Å². The van der Waals surface area contributed by atoms with Crippen LogP contribution in [0.4, 0.5) is 5.82 Å². The molecular weight excluding hydrogens is 252 g/mol. The summed E-state index contributed by atoms with van der Waals surface area (Å²) in [7, 11) is 0. The van der Waals surface area contributed by atoms with Crippen LogP contribution in [0.2, 0.25) is 0 Å². The zero-order valence-corrected chi connectivity index (χ0v) is 11.5. The van der Waals surface area contributed by atoms with E-state index in [2.05, 4.69) is 28.9 Å². The minimum atomic E-state index is -0.678. The minimum absolute atomic E-state index is 0.197. The molecule has 2 unspecified atom stereocenters. The van der Waals surface area contributed by atoms with Gasteiger partial charge in [-0.25, -0.2) is 4.98 Å². The second kappa shape index (κ2) is 5.12. The molecule has 3 rings (SSSR count). The molecule has 104 valence electrons. The van der Waals surface area contributed by atoms with Gasteiger partial charge in [0.25, 0.3) is 0 Å². The van der Waals surface area contributed by atoms with Crippen molar-refractivity contribution in [3.63, 3.8) is 0 Å². The van der Waals surface area contributed by atoms with Gasteiger partial charge in [0, 0.05) is 24.2 Å². The van der Waals surface area contributed by atoms with Gasteiger partial charge in [-0.3, -0.25) is 4.79 Å². The molecule has 1 N–H and O–H groups in total. The summed E-state index contributed by atoms with van der Waals surface area (Å²) in [5.41, 5.74) is 0. The number of rotatable bonds is 2. The molecular formula is C16H18N2O2. The summed E-state index contributed by atoms with van der Waals surface area (Å²) in [6, 6.07) is 10.4. The molecule has 0 bridgehead atoms. The Kier molecular flexibility index (Phi) is 3.30. The lowest BCUT2D eigenvalue weighted by Crippen LogP contribution is -2.43. The molecule has 0 saturated carbocycles. The lowest BCUT2D eigenvalue weighted by Gasteiger charge is -2.37. The Bertz CT molecular complexity index is 636. The Hall–Kier alpha value is -2.10. The Morgan fingerprint density at radius 2 is 2.15 bits per heavy atom. The predicted molar refractivity (Wildman–Crippen MR) is 78.9 cm³/mol. The highest BCUT2D eigenvalue weighted by molar-refractivity contribution is 5.92. The fourth-order valence-electron chi connectivity index (χ4n) is 3.04. The van der Waals surface area contributed by atoms with Crippen LogP contribution in [-0.2, 0) is 4.79 Å². The molecule has 4 heteroatoms. The van der Waals surface area contributed by atoms with Gasteiger partial charge in [-0.1, -0.05) is 24.3 Å². The third kappa shape index (κ3) is 2.22. The maximum atomic E-state index is 11.1. The van der Waals surface area contributed by atoms with Crippen LogP contribution in [0.1, 0.15) is 19.8 Å². The molecule has 1 aliphatic heterocycles. The average Bonchev–Trinajstić information content (AvgIpc) is 2.46. The van der Waals surface area contributed by atoms with Gasteiger partial charge in [0.15, 0.2) is 0 Å². The van der Waals surface area contributed by atoms with Crippen molar-refractivity contribution >= 4 is 22.6 Å². The van der Waals surface area contributed by atoms with Crippen LogP contribution in [0, 0.1) is 5.92 Å². The van der Waals surface area contributed by atoms with Gasteiger partial charge in [-0.2, -0.15) is 0 Å². The Balaban J connectivity index is 1.94. The number of benzene rings is 1. The quantitative estimate of drug-likeness (QED) is 0.911. The Morgan fingerprint density at radius 1 is 1.35 bits per heavy atom. The normalized spacial score (nSPS) is 22.9. The van der Waals surface area contributed by atoms with Gasteiger partial charge in [0.05, 0.1) is 5.92 Å². The van der Waals surface area contributed by atoms with Crippen LogP contribution in [0.25, 0.3) is 10.8 Å². The molecule has 2 aromatic rings. The Labute approximate surface area is 118 Å². The number of aromatic nitrogens is 1. The summed E-state index contributed by atoms with van der Waals surface area (Å²) >= 11 is 0. The van der Waals surface area contributed by atoms with Gasteiger partial charge in [-0.15, -0.1) is 0 Å². The van der Waals surface area contributed by atoms with E-state index in [1.165, 1.54) is 5.39 Å². The fourth-order valence-corrected chi connectivity index (χ4v) is 3.04. The van der Waals surface area contributed by atoms with E-state index in [-0.39, 0.29) is 12.0 Å². The smallest absolute Gasteiger partial charge is 0.306 e. The predicted octanol–water partition coefficient (Wildman–Crippen LogP) is 2.92. The number of carboxylic acids is 1. The number of pyridine rings is 1. The molecule has 1 aliphatic rings. The first kappa shape index (κ1) is 12.9. The van der Waals surface area contributed by atoms with Gasteiger partial charge in [-0.05, 0) is 31.2 Å². The number of carboxylic acid groups (broad SMARTS) is 1. The van der Waals surface area contributed by atoms with Crippen molar-refractivity contribution in [1.29, 1.82) is 0 Å². The van der Waals surface area contributed by atoms with Crippen molar-refractivity contribution in [3.05, 3.63) is 36.5 Å². The highest BCUT2D eigenvalue weighted by Crippen LogP contribution is 2.31. The zero-order valence-electron chi connectivity index (χ0n) is 11.5. The molecule has 0 spiro atoms. The first-order chi connectivity index (χ1) is 9.66. The molecule has 1 saturated heterocycles. The summed E-state index contributed by atoms with van der Waals surface area (Å²) in [5.74, 6) is 0.0676. The summed E-state index contributed by atoms with van der Waals surface area (Å²) in [5, 5.41) is 11.5. The molecule has 0 radical (unpaired) electrons. The summed E-state index contributed by atoms with van der Waals surface area (Å²) in [4.78, 5) is 17.9. The van der Waals surface area contributed by atoms with Crippen LogP contribution in [0.15, 0.2) is 36.5 Å². The number of hydrogen-bond donors (Lipinski definition) is 1. The molecule has 1 aromatic carbocycles. The average molecular weight is 270 g/mol. The third-order valence-corrected chi connectivity index (χ3v) is 4.15.